The van der Waals surface area contributed by atoms with Crippen LogP contribution in [0.5, 0.6) is 0 Å². The van der Waals surface area contributed by atoms with Crippen molar-refractivity contribution in [1.29, 1.82) is 0 Å². The first-order valence-electron chi connectivity index (χ1n) is 8.50. The molecule has 2 heterocycles. The molecule has 5 nitrogen and oxygen atoms in total. The van der Waals surface area contributed by atoms with Gasteiger partial charge < -0.3 is 20.1 Å². The maximum atomic E-state index is 5.60. The Kier molecular flexibility index (Phi) is 4.28. The molecule has 0 atom stereocenters. The average molecular weight is 351 g/mol. The van der Waals surface area contributed by atoms with Gasteiger partial charge in [0.15, 0.2) is 5.11 Å². The van der Waals surface area contributed by atoms with Crippen molar-refractivity contribution in [2.75, 3.05) is 36.4 Å². The van der Waals surface area contributed by atoms with E-state index in [1.807, 2.05) is 18.2 Å². The van der Waals surface area contributed by atoms with Gasteiger partial charge in [0.25, 0.3) is 0 Å². The molecule has 1 aromatic heterocycles. The summed E-state index contributed by atoms with van der Waals surface area (Å²) in [4.78, 5) is 12.0. The molecule has 0 radical (unpaired) electrons. The number of nitrogens with one attached hydrogen (secondary N) is 2. The predicted molar refractivity (Wildman–Crippen MR) is 107 cm³/mol. The molecule has 0 amide bonds. The van der Waals surface area contributed by atoms with Crippen molar-refractivity contribution in [1.82, 2.24) is 14.9 Å². The lowest BCUT2D eigenvalue weighted by Gasteiger charge is -2.37. The maximum Gasteiger partial charge on any atom is 0.173 e. The van der Waals surface area contributed by atoms with E-state index in [4.69, 9.17) is 12.2 Å². The Morgan fingerprint density at radius 1 is 1.08 bits per heavy atom. The summed E-state index contributed by atoms with van der Waals surface area (Å²) in [6, 6.07) is 14.8. The van der Waals surface area contributed by atoms with Crippen LogP contribution in [0, 0.1) is 6.92 Å². The van der Waals surface area contributed by atoms with Gasteiger partial charge in [0, 0.05) is 37.6 Å². The largest absolute Gasteiger partial charge is 0.368 e. The number of hydrogen-bond acceptors (Lipinski definition) is 3. The number of hydrogen-bond donors (Lipinski definition) is 2. The molecular formula is C19H21N5S. The van der Waals surface area contributed by atoms with Crippen molar-refractivity contribution < 1.29 is 0 Å². The van der Waals surface area contributed by atoms with E-state index in [-0.39, 0.29) is 0 Å². The lowest BCUT2D eigenvalue weighted by Crippen LogP contribution is -2.50. The zero-order valence-corrected chi connectivity index (χ0v) is 15.0. The highest BCUT2D eigenvalue weighted by Crippen LogP contribution is 2.19. The molecule has 1 saturated heterocycles. The van der Waals surface area contributed by atoms with E-state index in [1.165, 1.54) is 11.3 Å². The number of benzene rings is 2. The number of piperazine rings is 1. The number of fused-ring (bicyclic) bond motifs is 1. The first-order chi connectivity index (χ1) is 12.2. The highest BCUT2D eigenvalue weighted by atomic mass is 32.1. The lowest BCUT2D eigenvalue weighted by molar-refractivity contribution is 0.391. The van der Waals surface area contributed by atoms with Crippen LogP contribution in [0.15, 0.2) is 48.8 Å². The first-order valence-corrected chi connectivity index (χ1v) is 8.90. The van der Waals surface area contributed by atoms with Gasteiger partial charge in [-0.2, -0.15) is 0 Å². The molecule has 2 N–H and O–H groups in total. The minimum absolute atomic E-state index is 0.780. The molecule has 25 heavy (non-hydrogen) atoms. The number of nitrogens with zero attached hydrogens (tertiary/aromatic N) is 3. The van der Waals surface area contributed by atoms with E-state index in [0.29, 0.717) is 0 Å². The molecule has 0 bridgehead atoms. The van der Waals surface area contributed by atoms with Gasteiger partial charge in [0.05, 0.1) is 17.4 Å². The van der Waals surface area contributed by atoms with Crippen LogP contribution in [-0.4, -0.2) is 46.2 Å². The normalized spacial score (nSPS) is 14.8. The van der Waals surface area contributed by atoms with Crippen molar-refractivity contribution in [3.8, 4) is 0 Å². The van der Waals surface area contributed by atoms with E-state index in [9.17, 15) is 0 Å². The molecule has 6 heteroatoms. The van der Waals surface area contributed by atoms with Crippen LogP contribution in [0.2, 0.25) is 0 Å². The molecule has 0 aliphatic carbocycles. The zero-order valence-electron chi connectivity index (χ0n) is 14.2. The second-order valence-electron chi connectivity index (χ2n) is 6.37. The monoisotopic (exact) mass is 351 g/mol. The number of aromatic amines is 1. The average Bonchev–Trinajstić information content (AvgIpc) is 3.10. The molecule has 0 unspecified atom stereocenters. The SMILES string of the molecule is Cc1ccc(N2CCN(C(=S)Nc3ccc4nc[nH]c4c3)CC2)cc1. The van der Waals surface area contributed by atoms with E-state index < -0.39 is 0 Å². The minimum atomic E-state index is 0.780. The number of thiocarbonyl (C=S) groups is 1. The van der Waals surface area contributed by atoms with Gasteiger partial charge in [0.2, 0.25) is 0 Å². The fourth-order valence-electron chi connectivity index (χ4n) is 3.14. The standard InChI is InChI=1S/C19H21N5S/c1-14-2-5-16(6-3-14)23-8-10-24(11-9-23)19(25)22-15-4-7-17-18(12-15)21-13-20-17/h2-7,12-13H,8-11H2,1H3,(H,20,21)(H,22,25). The van der Waals surface area contributed by atoms with Gasteiger partial charge >= 0.3 is 0 Å². The third kappa shape index (κ3) is 3.44. The van der Waals surface area contributed by atoms with E-state index >= 15 is 0 Å². The maximum absolute atomic E-state index is 5.60. The number of aromatic nitrogens is 2. The van der Waals surface area contributed by atoms with Crippen molar-refractivity contribution >= 4 is 39.7 Å². The van der Waals surface area contributed by atoms with Crippen LogP contribution in [0.25, 0.3) is 11.0 Å². The summed E-state index contributed by atoms with van der Waals surface area (Å²) < 4.78 is 0. The molecule has 128 valence electrons. The fraction of sp³-hybridized carbons (Fsp3) is 0.263. The second kappa shape index (κ2) is 6.72. The Morgan fingerprint density at radius 2 is 1.84 bits per heavy atom. The highest BCUT2D eigenvalue weighted by molar-refractivity contribution is 7.80. The topological polar surface area (TPSA) is 47.2 Å². The lowest BCUT2D eigenvalue weighted by atomic mass is 10.2. The zero-order chi connectivity index (χ0) is 17.2. The summed E-state index contributed by atoms with van der Waals surface area (Å²) in [6.07, 6.45) is 1.71. The molecule has 0 saturated carbocycles. The molecular weight excluding hydrogens is 330 g/mol. The third-order valence-corrected chi connectivity index (χ3v) is 5.00. The van der Waals surface area contributed by atoms with Crippen LogP contribution < -0.4 is 10.2 Å². The summed E-state index contributed by atoms with van der Waals surface area (Å²) >= 11 is 5.60. The van der Waals surface area contributed by atoms with Crippen LogP contribution in [0.4, 0.5) is 11.4 Å². The van der Waals surface area contributed by atoms with Crippen LogP contribution in [0.1, 0.15) is 5.56 Å². The Morgan fingerprint density at radius 3 is 2.60 bits per heavy atom. The van der Waals surface area contributed by atoms with Crippen LogP contribution in [0.3, 0.4) is 0 Å². The van der Waals surface area contributed by atoms with E-state index in [1.54, 1.807) is 6.33 Å². The summed E-state index contributed by atoms with van der Waals surface area (Å²) in [5, 5.41) is 4.13. The quantitative estimate of drug-likeness (QED) is 0.693. The Hall–Kier alpha value is -2.60. The molecule has 1 aliphatic rings. The van der Waals surface area contributed by atoms with Gasteiger partial charge in [-0.05, 0) is 49.5 Å². The summed E-state index contributed by atoms with van der Waals surface area (Å²) in [5.41, 5.74) is 5.54. The number of rotatable bonds is 2. The number of anilines is 2. The summed E-state index contributed by atoms with van der Waals surface area (Å²) in [6.45, 7) is 5.92. The molecule has 4 rings (SSSR count). The second-order valence-corrected chi connectivity index (χ2v) is 6.76. The van der Waals surface area contributed by atoms with Gasteiger partial charge in [-0.15, -0.1) is 0 Å². The number of imidazole rings is 1. The van der Waals surface area contributed by atoms with Crippen LogP contribution in [-0.2, 0) is 0 Å². The Bertz CT molecular complexity index is 878. The highest BCUT2D eigenvalue weighted by Gasteiger charge is 2.19. The predicted octanol–water partition coefficient (Wildman–Crippen LogP) is 3.39. The van der Waals surface area contributed by atoms with Crippen LogP contribution >= 0.6 is 12.2 Å². The molecule has 1 fully saturated rings. The Balaban J connectivity index is 1.36. The van der Waals surface area contributed by atoms with Gasteiger partial charge in [0.1, 0.15) is 0 Å². The summed E-state index contributed by atoms with van der Waals surface area (Å²) in [5.74, 6) is 0. The summed E-state index contributed by atoms with van der Waals surface area (Å²) in [7, 11) is 0. The molecule has 2 aromatic carbocycles. The molecule has 1 aliphatic heterocycles. The Labute approximate surface area is 152 Å². The van der Waals surface area contributed by atoms with Crippen molar-refractivity contribution in [2.45, 2.75) is 6.92 Å². The van der Waals surface area contributed by atoms with Gasteiger partial charge in [-0.3, -0.25) is 0 Å². The van der Waals surface area contributed by atoms with E-state index in [2.05, 4.69) is 56.3 Å². The van der Waals surface area contributed by atoms with Crippen molar-refractivity contribution in [2.24, 2.45) is 0 Å². The first kappa shape index (κ1) is 15.9. The minimum Gasteiger partial charge on any atom is -0.368 e. The molecule has 3 aromatic rings. The number of aryl methyl sites for hydroxylation is 1. The van der Waals surface area contributed by atoms with Crippen molar-refractivity contribution in [3.63, 3.8) is 0 Å². The fourth-order valence-corrected chi connectivity index (χ4v) is 3.44. The molecule has 0 spiro atoms. The van der Waals surface area contributed by atoms with Crippen molar-refractivity contribution in [3.05, 3.63) is 54.4 Å². The van der Waals surface area contributed by atoms with E-state index in [0.717, 1.165) is 48.0 Å². The number of H-pyrrole nitrogens is 1. The smallest absolute Gasteiger partial charge is 0.173 e. The van der Waals surface area contributed by atoms with Gasteiger partial charge in [-0.25, -0.2) is 4.98 Å². The van der Waals surface area contributed by atoms with Gasteiger partial charge in [-0.1, -0.05) is 17.7 Å². The third-order valence-electron chi connectivity index (χ3n) is 4.64.